The molecule has 0 bridgehead atoms. The summed E-state index contributed by atoms with van der Waals surface area (Å²) in [5.74, 6) is 0.841. The lowest BCUT2D eigenvalue weighted by atomic mass is 10.1. The number of aliphatic hydroxyl groups is 1. The molecule has 0 aliphatic rings. The summed E-state index contributed by atoms with van der Waals surface area (Å²) >= 11 is 0. The van der Waals surface area contributed by atoms with Crippen LogP contribution in [0, 0.1) is 6.92 Å². The lowest BCUT2D eigenvalue weighted by Gasteiger charge is -2.11. The maximum Gasteiger partial charge on any atom is 0.138 e. The van der Waals surface area contributed by atoms with Gasteiger partial charge in [-0.15, -0.1) is 0 Å². The molecule has 4 nitrogen and oxygen atoms in total. The van der Waals surface area contributed by atoms with E-state index in [1.54, 1.807) is 0 Å². The predicted molar refractivity (Wildman–Crippen MR) is 91.8 cm³/mol. The van der Waals surface area contributed by atoms with Crippen LogP contribution in [-0.4, -0.2) is 21.1 Å². The molecule has 0 fully saturated rings. The highest BCUT2D eigenvalue weighted by atomic mass is 16.5. The van der Waals surface area contributed by atoms with E-state index in [0.717, 1.165) is 33.9 Å². The number of aliphatic hydroxyl groups excluding tert-OH is 1. The fraction of sp³-hybridized carbons (Fsp3) is 0.316. The minimum atomic E-state index is -0.547. The van der Waals surface area contributed by atoms with Crippen molar-refractivity contribution in [1.82, 2.24) is 9.38 Å². The highest BCUT2D eigenvalue weighted by Gasteiger charge is 2.19. The van der Waals surface area contributed by atoms with E-state index in [-0.39, 0.29) is 0 Å². The zero-order valence-corrected chi connectivity index (χ0v) is 13.8. The number of hydrogen-bond acceptors (Lipinski definition) is 3. The second-order valence-corrected chi connectivity index (χ2v) is 5.66. The van der Waals surface area contributed by atoms with Crippen LogP contribution in [0.4, 0.5) is 0 Å². The fourth-order valence-corrected chi connectivity index (χ4v) is 2.77. The minimum Gasteiger partial charge on any atom is -0.494 e. The van der Waals surface area contributed by atoms with Crippen molar-refractivity contribution in [2.24, 2.45) is 0 Å². The van der Waals surface area contributed by atoms with Gasteiger partial charge in [0.2, 0.25) is 0 Å². The molecule has 1 unspecified atom stereocenters. The van der Waals surface area contributed by atoms with E-state index in [9.17, 15) is 5.11 Å². The first-order valence-corrected chi connectivity index (χ1v) is 8.04. The van der Waals surface area contributed by atoms with Gasteiger partial charge in [0.1, 0.15) is 11.4 Å². The summed E-state index contributed by atoms with van der Waals surface area (Å²) in [6.45, 7) is 6.63. The highest BCUT2D eigenvalue weighted by Crippen LogP contribution is 2.31. The number of aromatic nitrogens is 2. The quantitative estimate of drug-likeness (QED) is 0.770. The van der Waals surface area contributed by atoms with Crippen molar-refractivity contribution in [3.63, 3.8) is 0 Å². The average Bonchev–Trinajstić information content (AvgIpc) is 2.93. The van der Waals surface area contributed by atoms with E-state index in [4.69, 9.17) is 9.72 Å². The van der Waals surface area contributed by atoms with Gasteiger partial charge in [-0.1, -0.05) is 6.92 Å². The first kappa shape index (κ1) is 15.6. The van der Waals surface area contributed by atoms with Crippen molar-refractivity contribution >= 4 is 5.65 Å². The van der Waals surface area contributed by atoms with Crippen molar-refractivity contribution in [1.29, 1.82) is 0 Å². The molecule has 1 atom stereocenters. The smallest absolute Gasteiger partial charge is 0.138 e. The first-order chi connectivity index (χ1) is 11.1. The fourth-order valence-electron chi connectivity index (χ4n) is 2.77. The van der Waals surface area contributed by atoms with E-state index < -0.39 is 6.10 Å². The number of rotatable bonds is 5. The third-order valence-corrected chi connectivity index (χ3v) is 3.96. The van der Waals surface area contributed by atoms with Crippen LogP contribution in [0.1, 0.15) is 37.6 Å². The molecule has 2 heterocycles. The van der Waals surface area contributed by atoms with Gasteiger partial charge in [-0.25, -0.2) is 4.98 Å². The van der Waals surface area contributed by atoms with E-state index in [1.807, 2.05) is 67.8 Å². The Morgan fingerprint density at radius 3 is 2.57 bits per heavy atom. The lowest BCUT2D eigenvalue weighted by Crippen LogP contribution is -2.02. The minimum absolute atomic E-state index is 0.547. The molecule has 0 radical (unpaired) electrons. The standard InChI is InChI=1S/C19H22N2O2/c1-4-16(22)19-18(14-6-8-15(9-7-14)23-5-2)20-17-12-13(3)10-11-21(17)19/h6-12,16,22H,4-5H2,1-3H3. The van der Waals surface area contributed by atoms with Gasteiger partial charge in [0, 0.05) is 11.8 Å². The molecule has 0 aliphatic carbocycles. The third kappa shape index (κ3) is 2.94. The summed E-state index contributed by atoms with van der Waals surface area (Å²) in [5.41, 5.74) is 4.66. The zero-order chi connectivity index (χ0) is 16.4. The Morgan fingerprint density at radius 2 is 1.91 bits per heavy atom. The molecule has 3 rings (SSSR count). The van der Waals surface area contributed by atoms with Crippen LogP contribution in [0.25, 0.3) is 16.9 Å². The van der Waals surface area contributed by atoms with Crippen molar-refractivity contribution < 1.29 is 9.84 Å². The first-order valence-electron chi connectivity index (χ1n) is 8.04. The van der Waals surface area contributed by atoms with Gasteiger partial charge < -0.3 is 14.2 Å². The number of fused-ring (bicyclic) bond motifs is 1. The van der Waals surface area contributed by atoms with Gasteiger partial charge in [-0.05, 0) is 62.2 Å². The summed E-state index contributed by atoms with van der Waals surface area (Å²) in [6.07, 6.45) is 2.07. The molecular weight excluding hydrogens is 288 g/mol. The topological polar surface area (TPSA) is 46.8 Å². The maximum absolute atomic E-state index is 10.5. The Morgan fingerprint density at radius 1 is 1.17 bits per heavy atom. The summed E-state index contributed by atoms with van der Waals surface area (Å²) < 4.78 is 7.47. The van der Waals surface area contributed by atoms with Gasteiger partial charge in [0.05, 0.1) is 24.1 Å². The molecule has 0 saturated heterocycles. The van der Waals surface area contributed by atoms with Crippen molar-refractivity contribution in [3.8, 4) is 17.0 Å². The second-order valence-electron chi connectivity index (χ2n) is 5.66. The third-order valence-electron chi connectivity index (χ3n) is 3.96. The van der Waals surface area contributed by atoms with Crippen LogP contribution < -0.4 is 4.74 Å². The summed E-state index contributed by atoms with van der Waals surface area (Å²) in [5, 5.41) is 10.5. The van der Waals surface area contributed by atoms with Gasteiger partial charge in [0.25, 0.3) is 0 Å². The van der Waals surface area contributed by atoms with Gasteiger partial charge in [0.15, 0.2) is 0 Å². The molecule has 1 aromatic carbocycles. The van der Waals surface area contributed by atoms with Crippen LogP contribution in [0.2, 0.25) is 0 Å². The van der Waals surface area contributed by atoms with Crippen molar-refractivity contribution in [2.45, 2.75) is 33.3 Å². The zero-order valence-electron chi connectivity index (χ0n) is 13.8. The molecule has 120 valence electrons. The monoisotopic (exact) mass is 310 g/mol. The van der Waals surface area contributed by atoms with E-state index >= 15 is 0 Å². The summed E-state index contributed by atoms with van der Waals surface area (Å²) in [6, 6.07) is 11.9. The molecule has 0 spiro atoms. The normalized spacial score (nSPS) is 12.5. The Hall–Kier alpha value is -2.33. The second kappa shape index (κ2) is 6.42. The number of hydrogen-bond donors (Lipinski definition) is 1. The lowest BCUT2D eigenvalue weighted by molar-refractivity contribution is 0.168. The Balaban J connectivity index is 2.15. The molecule has 0 amide bonds. The molecule has 3 aromatic rings. The molecule has 23 heavy (non-hydrogen) atoms. The van der Waals surface area contributed by atoms with Crippen LogP contribution in [0.3, 0.4) is 0 Å². The molecule has 0 aliphatic heterocycles. The van der Waals surface area contributed by atoms with Gasteiger partial charge in [-0.2, -0.15) is 0 Å². The van der Waals surface area contributed by atoms with Crippen molar-refractivity contribution in [2.75, 3.05) is 6.61 Å². The predicted octanol–water partition coefficient (Wildman–Crippen LogP) is 4.15. The molecule has 0 saturated carbocycles. The number of aryl methyl sites for hydroxylation is 1. The van der Waals surface area contributed by atoms with E-state index in [0.29, 0.717) is 13.0 Å². The van der Waals surface area contributed by atoms with Crippen LogP contribution >= 0.6 is 0 Å². The Bertz CT molecular complexity index is 806. The summed E-state index contributed by atoms with van der Waals surface area (Å²) in [4.78, 5) is 4.75. The van der Waals surface area contributed by atoms with E-state index in [1.165, 1.54) is 0 Å². The number of imidazole rings is 1. The Labute approximate surface area is 136 Å². The molecule has 4 heteroatoms. The molecular formula is C19H22N2O2. The molecule has 2 aromatic heterocycles. The van der Waals surface area contributed by atoms with Crippen molar-refractivity contribution in [3.05, 3.63) is 53.9 Å². The Kier molecular flexibility index (Phi) is 4.35. The van der Waals surface area contributed by atoms with Crippen LogP contribution in [-0.2, 0) is 0 Å². The van der Waals surface area contributed by atoms with Gasteiger partial charge >= 0.3 is 0 Å². The average molecular weight is 310 g/mol. The SMILES string of the molecule is CCOc1ccc(-c2nc3cc(C)ccn3c2C(O)CC)cc1. The van der Waals surface area contributed by atoms with Gasteiger partial charge in [-0.3, -0.25) is 0 Å². The van der Waals surface area contributed by atoms with Crippen LogP contribution in [0.15, 0.2) is 42.6 Å². The maximum atomic E-state index is 10.5. The number of ether oxygens (including phenoxy) is 1. The largest absolute Gasteiger partial charge is 0.494 e. The number of nitrogens with zero attached hydrogens (tertiary/aromatic N) is 2. The number of pyridine rings is 1. The molecule has 1 N–H and O–H groups in total. The highest BCUT2D eigenvalue weighted by molar-refractivity contribution is 5.68. The number of benzene rings is 1. The van der Waals surface area contributed by atoms with Crippen LogP contribution in [0.5, 0.6) is 5.75 Å². The summed E-state index contributed by atoms with van der Waals surface area (Å²) in [7, 11) is 0. The van der Waals surface area contributed by atoms with E-state index in [2.05, 4.69) is 0 Å².